The van der Waals surface area contributed by atoms with Crippen molar-refractivity contribution in [1.29, 1.82) is 0 Å². The fourth-order valence-electron chi connectivity index (χ4n) is 3.17. The smallest absolute Gasteiger partial charge is 0.136 e. The number of rotatable bonds is 3. The van der Waals surface area contributed by atoms with Gasteiger partial charge in [0.15, 0.2) is 0 Å². The first kappa shape index (κ1) is 16.2. The number of fused-ring (bicyclic) bond motifs is 1. The SMILES string of the molecule is C/C=C(Br)\N=C(/C)C1CN(C2=CC(C)CC=C2)c2ncccc21. The summed E-state index contributed by atoms with van der Waals surface area (Å²) >= 11 is 3.49. The van der Waals surface area contributed by atoms with Gasteiger partial charge in [0.1, 0.15) is 10.4 Å². The Morgan fingerprint density at radius 1 is 1.48 bits per heavy atom. The minimum Gasteiger partial charge on any atom is -0.325 e. The monoisotopic (exact) mass is 371 g/mol. The zero-order valence-corrected chi connectivity index (χ0v) is 15.4. The summed E-state index contributed by atoms with van der Waals surface area (Å²) in [5.74, 6) is 1.92. The first-order valence-corrected chi connectivity index (χ1v) is 8.87. The number of hydrogen-bond acceptors (Lipinski definition) is 3. The van der Waals surface area contributed by atoms with E-state index in [1.54, 1.807) is 0 Å². The van der Waals surface area contributed by atoms with Gasteiger partial charge in [-0.25, -0.2) is 4.98 Å². The van der Waals surface area contributed by atoms with Crippen LogP contribution in [0.3, 0.4) is 0 Å². The summed E-state index contributed by atoms with van der Waals surface area (Å²) in [5.41, 5.74) is 3.63. The maximum atomic E-state index is 4.67. The Kier molecular flexibility index (Phi) is 4.81. The van der Waals surface area contributed by atoms with Gasteiger partial charge in [-0.05, 0) is 54.3 Å². The van der Waals surface area contributed by atoms with Crippen LogP contribution in [0.4, 0.5) is 5.82 Å². The van der Waals surface area contributed by atoms with Crippen LogP contribution in [0.2, 0.25) is 0 Å². The van der Waals surface area contributed by atoms with Gasteiger partial charge in [0.25, 0.3) is 0 Å². The first-order valence-electron chi connectivity index (χ1n) is 8.08. The largest absolute Gasteiger partial charge is 0.325 e. The van der Waals surface area contributed by atoms with Crippen LogP contribution in [0.1, 0.15) is 38.7 Å². The Hall–Kier alpha value is -1.68. The lowest BCUT2D eigenvalue weighted by Crippen LogP contribution is -2.24. The zero-order chi connectivity index (χ0) is 16.4. The molecule has 0 saturated heterocycles. The minimum absolute atomic E-state index is 0.276. The molecule has 2 heterocycles. The summed E-state index contributed by atoms with van der Waals surface area (Å²) in [7, 11) is 0. The van der Waals surface area contributed by atoms with Gasteiger partial charge < -0.3 is 4.90 Å². The van der Waals surface area contributed by atoms with Gasteiger partial charge in [-0.15, -0.1) is 0 Å². The fourth-order valence-corrected chi connectivity index (χ4v) is 3.45. The van der Waals surface area contributed by atoms with Crippen LogP contribution >= 0.6 is 15.9 Å². The summed E-state index contributed by atoms with van der Waals surface area (Å²) in [5, 5.41) is 0. The molecule has 0 spiro atoms. The third-order valence-corrected chi connectivity index (χ3v) is 5.04. The highest BCUT2D eigenvalue weighted by Gasteiger charge is 2.33. The molecular formula is C19H22BrN3. The maximum Gasteiger partial charge on any atom is 0.136 e. The number of pyridine rings is 1. The standard InChI is InChI=1S/C19H22BrN3/c1-4-18(20)22-14(3)17-12-23(15-8-5-7-13(2)11-15)19-16(17)9-6-10-21-19/h4-6,8-11,13,17H,7,12H2,1-3H3/b18-4-,22-14+. The normalized spacial score (nSPS) is 24.7. The van der Waals surface area contributed by atoms with E-state index in [9.17, 15) is 0 Å². The van der Waals surface area contributed by atoms with Crippen LogP contribution in [0.15, 0.2) is 57.9 Å². The van der Waals surface area contributed by atoms with Crippen LogP contribution in [0.5, 0.6) is 0 Å². The quantitative estimate of drug-likeness (QED) is 0.540. The predicted octanol–water partition coefficient (Wildman–Crippen LogP) is 5.18. The zero-order valence-electron chi connectivity index (χ0n) is 13.8. The molecule has 4 heteroatoms. The number of aliphatic imine (C=N–C) groups is 1. The van der Waals surface area contributed by atoms with E-state index < -0.39 is 0 Å². The molecule has 120 valence electrons. The van der Waals surface area contributed by atoms with Crippen molar-refractivity contribution in [2.75, 3.05) is 11.4 Å². The van der Waals surface area contributed by atoms with Crippen molar-refractivity contribution < 1.29 is 0 Å². The summed E-state index contributed by atoms with van der Waals surface area (Å²) in [6, 6.07) is 4.19. The lowest BCUT2D eigenvalue weighted by molar-refractivity contribution is 0.719. The Labute approximate surface area is 146 Å². The van der Waals surface area contributed by atoms with Crippen LogP contribution < -0.4 is 4.90 Å². The highest BCUT2D eigenvalue weighted by Crippen LogP contribution is 2.39. The third kappa shape index (κ3) is 3.32. The van der Waals surface area contributed by atoms with Gasteiger partial charge in [0.05, 0.1) is 0 Å². The molecule has 2 unspecified atom stereocenters. The molecule has 1 aliphatic carbocycles. The summed E-state index contributed by atoms with van der Waals surface area (Å²) < 4.78 is 0.879. The maximum absolute atomic E-state index is 4.67. The molecule has 0 amide bonds. The van der Waals surface area contributed by atoms with Crippen molar-refractivity contribution >= 4 is 27.5 Å². The van der Waals surface area contributed by atoms with E-state index >= 15 is 0 Å². The van der Waals surface area contributed by atoms with E-state index in [1.165, 1.54) is 11.3 Å². The number of aromatic nitrogens is 1. The van der Waals surface area contributed by atoms with Gasteiger partial charge in [-0.3, -0.25) is 4.99 Å². The number of allylic oxidation sites excluding steroid dienone is 4. The molecule has 0 saturated carbocycles. The Balaban J connectivity index is 1.98. The van der Waals surface area contributed by atoms with Crippen LogP contribution in [-0.4, -0.2) is 17.2 Å². The summed E-state index contributed by atoms with van der Waals surface area (Å²) in [6.45, 7) is 7.24. The van der Waals surface area contributed by atoms with E-state index in [-0.39, 0.29) is 5.92 Å². The molecule has 1 aromatic heterocycles. The van der Waals surface area contributed by atoms with Crippen LogP contribution in [-0.2, 0) is 0 Å². The van der Waals surface area contributed by atoms with E-state index in [0.29, 0.717) is 5.92 Å². The number of hydrogen-bond donors (Lipinski definition) is 0. The molecule has 23 heavy (non-hydrogen) atoms. The average molecular weight is 372 g/mol. The predicted molar refractivity (Wildman–Crippen MR) is 101 cm³/mol. The average Bonchev–Trinajstić information content (AvgIpc) is 2.94. The number of nitrogens with zero attached hydrogens (tertiary/aromatic N) is 3. The molecule has 0 N–H and O–H groups in total. The van der Waals surface area contributed by atoms with Crippen molar-refractivity contribution in [3.05, 3.63) is 58.5 Å². The van der Waals surface area contributed by atoms with Gasteiger partial charge in [0, 0.05) is 35.6 Å². The third-order valence-electron chi connectivity index (χ3n) is 4.40. The highest BCUT2D eigenvalue weighted by molar-refractivity contribution is 9.11. The molecular weight excluding hydrogens is 350 g/mol. The molecule has 2 atom stereocenters. The Morgan fingerprint density at radius 3 is 3.04 bits per heavy atom. The van der Waals surface area contributed by atoms with E-state index in [2.05, 4.69) is 68.9 Å². The second-order valence-corrected chi connectivity index (χ2v) is 6.96. The summed E-state index contributed by atoms with van der Waals surface area (Å²) in [4.78, 5) is 11.6. The van der Waals surface area contributed by atoms with Crippen molar-refractivity contribution in [1.82, 2.24) is 4.98 Å². The molecule has 0 fully saturated rings. The van der Waals surface area contributed by atoms with Crippen LogP contribution in [0.25, 0.3) is 0 Å². The molecule has 3 rings (SSSR count). The van der Waals surface area contributed by atoms with Gasteiger partial charge >= 0.3 is 0 Å². The molecule has 0 radical (unpaired) electrons. The van der Waals surface area contributed by atoms with Crippen LogP contribution in [0, 0.1) is 5.92 Å². The minimum atomic E-state index is 0.276. The topological polar surface area (TPSA) is 28.5 Å². The van der Waals surface area contributed by atoms with E-state index in [4.69, 9.17) is 0 Å². The summed E-state index contributed by atoms with van der Waals surface area (Å²) in [6.07, 6.45) is 11.8. The van der Waals surface area contributed by atoms with Crippen molar-refractivity contribution in [2.45, 2.75) is 33.1 Å². The molecule has 2 aliphatic rings. The number of halogens is 1. The fraction of sp³-hybridized carbons (Fsp3) is 0.368. The van der Waals surface area contributed by atoms with E-state index in [0.717, 1.165) is 29.1 Å². The van der Waals surface area contributed by atoms with Gasteiger partial charge in [0.2, 0.25) is 0 Å². The van der Waals surface area contributed by atoms with Crippen molar-refractivity contribution in [3.63, 3.8) is 0 Å². The highest BCUT2D eigenvalue weighted by atomic mass is 79.9. The first-order chi connectivity index (χ1) is 11.1. The molecule has 1 aromatic rings. The lowest BCUT2D eigenvalue weighted by Gasteiger charge is -2.23. The van der Waals surface area contributed by atoms with E-state index in [1.807, 2.05) is 25.3 Å². The second kappa shape index (κ2) is 6.83. The molecule has 1 aliphatic heterocycles. The molecule has 0 bridgehead atoms. The van der Waals surface area contributed by atoms with Crippen molar-refractivity contribution in [3.8, 4) is 0 Å². The van der Waals surface area contributed by atoms with Gasteiger partial charge in [-0.1, -0.05) is 31.2 Å². The Bertz CT molecular complexity index is 715. The molecule has 0 aromatic carbocycles. The Morgan fingerprint density at radius 2 is 2.30 bits per heavy atom. The molecule has 3 nitrogen and oxygen atoms in total. The lowest BCUT2D eigenvalue weighted by atomic mass is 9.98. The van der Waals surface area contributed by atoms with Gasteiger partial charge in [-0.2, -0.15) is 0 Å². The number of anilines is 1. The second-order valence-electron chi connectivity index (χ2n) is 6.15. The van der Waals surface area contributed by atoms with Crippen molar-refractivity contribution in [2.24, 2.45) is 10.9 Å².